The maximum Gasteiger partial charge on any atom is 0.303 e. The maximum absolute atomic E-state index is 14.3. The average molecular weight is 798 g/mol. The molecule has 14 nitrogen and oxygen atoms in total. The van der Waals surface area contributed by atoms with Crippen LogP contribution in [0, 0.1) is 6.92 Å². The number of hydrogen-bond acceptors (Lipinski definition) is 12. The van der Waals surface area contributed by atoms with Crippen LogP contribution in [0.25, 0.3) is 0 Å². The molecule has 0 saturated carbocycles. The third-order valence-electron chi connectivity index (χ3n) is 10.9. The van der Waals surface area contributed by atoms with Crippen molar-refractivity contribution in [3.8, 4) is 0 Å². The summed E-state index contributed by atoms with van der Waals surface area (Å²) >= 11 is 0. The van der Waals surface area contributed by atoms with E-state index in [1.807, 2.05) is 62.3 Å². The van der Waals surface area contributed by atoms with E-state index >= 15 is 0 Å². The van der Waals surface area contributed by atoms with Gasteiger partial charge in [0, 0.05) is 52.3 Å². The summed E-state index contributed by atoms with van der Waals surface area (Å²) in [4.78, 5) is 66.5. The molecule has 2 aromatic rings. The van der Waals surface area contributed by atoms with E-state index in [0.29, 0.717) is 37.9 Å². The van der Waals surface area contributed by atoms with Gasteiger partial charge in [-0.15, -0.1) is 0 Å². The number of nitrogens with zero attached hydrogens (tertiary/aromatic N) is 2. The first-order chi connectivity index (χ1) is 26.8. The topological polar surface area (TPSA) is 170 Å². The van der Waals surface area contributed by atoms with Crippen molar-refractivity contribution in [3.63, 3.8) is 0 Å². The number of fused-ring (bicyclic) bond motifs is 2. The van der Waals surface area contributed by atoms with Gasteiger partial charge in [-0.25, -0.2) is 4.39 Å². The van der Waals surface area contributed by atoms with E-state index in [2.05, 4.69) is 5.32 Å². The van der Waals surface area contributed by atoms with Crippen molar-refractivity contribution in [1.82, 2.24) is 15.1 Å². The zero-order valence-corrected chi connectivity index (χ0v) is 34.1. The van der Waals surface area contributed by atoms with Crippen LogP contribution in [0.2, 0.25) is 0 Å². The molecule has 3 heterocycles. The Bertz CT molecular complexity index is 1810. The SMILES string of the molecule is CC(=O)O[C@@H]1[C@@H](OC(C)=O)[C@@]2(c3ccc(C)c(Cc4ccc(CCCC(=O)N5C[C@H](F)C[C@H]5C(=O)NCCN(C)C)cc4)c3)OC[C@](C(C)(C)O)(O2)[C@H]1OC(C)=O. The summed E-state index contributed by atoms with van der Waals surface area (Å²) in [5, 5.41) is 14.3. The van der Waals surface area contributed by atoms with Crippen LogP contribution in [0.3, 0.4) is 0 Å². The second-order valence-corrected chi connectivity index (χ2v) is 16.1. The number of amides is 2. The van der Waals surface area contributed by atoms with E-state index in [-0.39, 0.29) is 37.8 Å². The number of alkyl halides is 1. The Labute approximate surface area is 333 Å². The summed E-state index contributed by atoms with van der Waals surface area (Å²) in [6.07, 6.45) is -3.63. The zero-order valence-electron chi connectivity index (χ0n) is 34.1. The molecule has 15 heteroatoms. The lowest BCUT2D eigenvalue weighted by Gasteiger charge is -2.52. The van der Waals surface area contributed by atoms with Crippen molar-refractivity contribution in [2.75, 3.05) is 40.3 Å². The highest BCUT2D eigenvalue weighted by atomic mass is 19.1. The fraction of sp³-hybridized carbons (Fsp3) is 0.595. The van der Waals surface area contributed by atoms with Crippen molar-refractivity contribution < 1.29 is 57.2 Å². The number of rotatable bonds is 15. The number of aliphatic hydroxyl groups is 1. The van der Waals surface area contributed by atoms with Crippen LogP contribution in [-0.2, 0) is 66.3 Å². The van der Waals surface area contributed by atoms with Crippen LogP contribution in [0.15, 0.2) is 42.5 Å². The molecule has 0 radical (unpaired) electrons. The van der Waals surface area contributed by atoms with E-state index in [1.54, 1.807) is 6.07 Å². The molecular formula is C42H56FN3O11. The van der Waals surface area contributed by atoms with Crippen LogP contribution in [0.4, 0.5) is 4.39 Å². The molecule has 2 amide bonds. The van der Waals surface area contributed by atoms with Crippen LogP contribution in [-0.4, -0.2) is 127 Å². The van der Waals surface area contributed by atoms with E-state index in [1.165, 1.54) is 39.5 Å². The van der Waals surface area contributed by atoms with Gasteiger partial charge in [0.05, 0.1) is 18.8 Å². The van der Waals surface area contributed by atoms with E-state index in [9.17, 15) is 33.5 Å². The molecule has 3 saturated heterocycles. The van der Waals surface area contributed by atoms with Gasteiger partial charge in [-0.1, -0.05) is 36.4 Å². The summed E-state index contributed by atoms with van der Waals surface area (Å²) in [5.41, 5.74) is 0.832. The number of likely N-dealkylation sites (N-methyl/N-ethyl adjacent to an activating group) is 1. The quantitative estimate of drug-likeness (QED) is 0.200. The number of esters is 3. The Morgan fingerprint density at radius 3 is 2.21 bits per heavy atom. The Morgan fingerprint density at radius 1 is 0.965 bits per heavy atom. The number of halogens is 1. The molecule has 3 aliphatic rings. The molecule has 0 spiro atoms. The first-order valence-electron chi connectivity index (χ1n) is 19.4. The summed E-state index contributed by atoms with van der Waals surface area (Å²) < 4.78 is 44.6. The highest BCUT2D eigenvalue weighted by molar-refractivity contribution is 5.88. The average Bonchev–Trinajstić information content (AvgIpc) is 3.70. The van der Waals surface area contributed by atoms with Gasteiger partial charge in [-0.05, 0) is 82.4 Å². The number of carbonyl (C=O) groups excluding carboxylic acids is 5. The lowest BCUT2D eigenvalue weighted by molar-refractivity contribution is -0.350. The fourth-order valence-electron chi connectivity index (χ4n) is 7.94. The normalized spacial score (nSPS) is 26.9. The fourth-order valence-corrected chi connectivity index (χ4v) is 7.94. The van der Waals surface area contributed by atoms with E-state index in [0.717, 1.165) is 22.3 Å². The highest BCUT2D eigenvalue weighted by Crippen LogP contribution is 2.56. The van der Waals surface area contributed by atoms with Crippen LogP contribution >= 0.6 is 0 Å². The molecule has 3 fully saturated rings. The standard InChI is InChI=1S/C42H56FN3O11/c1-25-12-17-32(42-38(56-28(4)49)36(54-26(2)47)37(55-27(3)48)41(57-42,24-53-42)40(5,6)52)21-31(25)20-30-15-13-29(14-16-30)10-9-11-35(50)46-23-33(43)22-34(46)39(51)44-18-19-45(7)8/h12-17,21,33-34,36-38,52H,9-11,18-20,22-24H2,1-8H3,(H,44,51)/t33-,34+,36+,37+,38-,41+,42+/m1/s1. The number of hydrogen-bond donors (Lipinski definition) is 2. The zero-order chi connectivity index (χ0) is 41.9. The molecule has 57 heavy (non-hydrogen) atoms. The monoisotopic (exact) mass is 797 g/mol. The van der Waals surface area contributed by atoms with Gasteiger partial charge in [-0.3, -0.25) is 24.0 Å². The summed E-state index contributed by atoms with van der Waals surface area (Å²) in [7, 11) is 3.78. The number of ether oxygens (including phenoxy) is 5. The van der Waals surface area contributed by atoms with Crippen LogP contribution < -0.4 is 5.32 Å². The number of nitrogens with one attached hydrogen (secondary N) is 1. The first-order valence-corrected chi connectivity index (χ1v) is 19.4. The lowest BCUT2D eigenvalue weighted by atomic mass is 9.74. The van der Waals surface area contributed by atoms with Gasteiger partial charge in [0.15, 0.2) is 17.8 Å². The van der Waals surface area contributed by atoms with E-state index < -0.39 is 65.4 Å². The maximum atomic E-state index is 14.3. The highest BCUT2D eigenvalue weighted by Gasteiger charge is 2.75. The minimum atomic E-state index is -1.86. The van der Waals surface area contributed by atoms with Crippen molar-refractivity contribution in [3.05, 3.63) is 70.3 Å². The second-order valence-electron chi connectivity index (χ2n) is 16.1. The van der Waals surface area contributed by atoms with Gasteiger partial charge in [0.2, 0.25) is 23.7 Å². The molecule has 312 valence electrons. The predicted octanol–water partition coefficient (Wildman–Crippen LogP) is 3.04. The molecular weight excluding hydrogens is 741 g/mol. The molecule has 2 bridgehead atoms. The van der Waals surface area contributed by atoms with Gasteiger partial charge < -0.3 is 43.9 Å². The Morgan fingerprint density at radius 2 is 1.60 bits per heavy atom. The summed E-state index contributed by atoms with van der Waals surface area (Å²) in [6.45, 7) is 9.13. The smallest absolute Gasteiger partial charge is 0.303 e. The third kappa shape index (κ3) is 9.65. The summed E-state index contributed by atoms with van der Waals surface area (Å²) in [5.74, 6) is -4.61. The number of carbonyl (C=O) groups is 5. The molecule has 0 unspecified atom stereocenters. The van der Waals surface area contributed by atoms with Crippen LogP contribution in [0.1, 0.15) is 81.7 Å². The molecule has 0 aliphatic carbocycles. The van der Waals surface area contributed by atoms with Gasteiger partial charge in [0.25, 0.3) is 0 Å². The second kappa shape index (κ2) is 17.6. The number of benzene rings is 2. The molecule has 2 aromatic carbocycles. The third-order valence-corrected chi connectivity index (χ3v) is 10.9. The number of aryl methyl sites for hydroxylation is 2. The molecule has 5 rings (SSSR count). The predicted molar refractivity (Wildman–Crippen MR) is 204 cm³/mol. The minimum absolute atomic E-state index is 0.00412. The van der Waals surface area contributed by atoms with Crippen molar-refractivity contribution in [1.29, 1.82) is 0 Å². The molecule has 7 atom stereocenters. The van der Waals surface area contributed by atoms with Gasteiger partial charge in [0.1, 0.15) is 12.2 Å². The van der Waals surface area contributed by atoms with Crippen molar-refractivity contribution in [2.24, 2.45) is 0 Å². The number of likely N-dealkylation sites (tertiary alicyclic amines) is 1. The molecule has 0 aromatic heterocycles. The van der Waals surface area contributed by atoms with Crippen LogP contribution in [0.5, 0.6) is 0 Å². The van der Waals surface area contributed by atoms with Gasteiger partial charge >= 0.3 is 17.9 Å². The minimum Gasteiger partial charge on any atom is -0.455 e. The first kappa shape index (κ1) is 43.7. The lowest BCUT2D eigenvalue weighted by Crippen LogP contribution is -2.72. The Hall–Kier alpha value is -4.44. The molecule has 2 N–H and O–H groups in total. The largest absolute Gasteiger partial charge is 0.455 e. The molecule has 3 aliphatic heterocycles. The van der Waals surface area contributed by atoms with Crippen molar-refractivity contribution >= 4 is 29.7 Å². The van der Waals surface area contributed by atoms with E-state index in [4.69, 9.17) is 23.7 Å². The van der Waals surface area contributed by atoms with Crippen molar-refractivity contribution in [2.45, 2.75) is 121 Å². The Balaban J connectivity index is 1.31. The Kier molecular flexibility index (Phi) is 13.5. The van der Waals surface area contributed by atoms with Gasteiger partial charge in [-0.2, -0.15) is 0 Å². The summed E-state index contributed by atoms with van der Waals surface area (Å²) in [6, 6.07) is 12.7.